The van der Waals surface area contributed by atoms with Crippen LogP contribution in [0.3, 0.4) is 0 Å². The van der Waals surface area contributed by atoms with Gasteiger partial charge >= 0.3 is 5.97 Å². The fourth-order valence-electron chi connectivity index (χ4n) is 2.75. The lowest BCUT2D eigenvalue weighted by Crippen LogP contribution is -2.24. The Balaban J connectivity index is 2.62. The average molecular weight is 379 g/mol. The molecule has 5 nitrogen and oxygen atoms in total. The zero-order chi connectivity index (χ0) is 19.9. The number of aryl methyl sites for hydroxylation is 1. The summed E-state index contributed by atoms with van der Waals surface area (Å²) in [6.07, 6.45) is 8.86. The molecule has 0 radical (unpaired) electrons. The lowest BCUT2D eigenvalue weighted by Gasteiger charge is -2.20. The number of benzene rings is 1. The normalized spacial score (nSPS) is 11.8. The summed E-state index contributed by atoms with van der Waals surface area (Å²) in [5.74, 6) is -0.400. The molecule has 0 saturated carbocycles. The monoisotopic (exact) mass is 378 g/mol. The van der Waals surface area contributed by atoms with Crippen LogP contribution >= 0.6 is 0 Å². The van der Waals surface area contributed by atoms with Gasteiger partial charge in [0.05, 0.1) is 6.08 Å². The molecule has 0 amide bonds. The third-order valence-electron chi connectivity index (χ3n) is 4.11. The van der Waals surface area contributed by atoms with Crippen LogP contribution in [-0.4, -0.2) is 30.6 Å². The summed E-state index contributed by atoms with van der Waals surface area (Å²) in [4.78, 5) is 11.1. The van der Waals surface area contributed by atoms with Gasteiger partial charge in [-0.05, 0) is 44.4 Å². The zero-order valence-corrected chi connectivity index (χ0v) is 16.9. The summed E-state index contributed by atoms with van der Waals surface area (Å²) in [6.45, 7) is 6.65. The fourth-order valence-corrected chi connectivity index (χ4v) is 2.75. The second kappa shape index (κ2) is 14.2. The topological polar surface area (TPSA) is 65.0 Å². The Morgan fingerprint density at radius 3 is 2.11 bits per heavy atom. The second-order valence-electron chi connectivity index (χ2n) is 6.39. The highest BCUT2D eigenvalue weighted by molar-refractivity contribution is 5.80. The third-order valence-corrected chi connectivity index (χ3v) is 4.11. The highest BCUT2D eigenvalue weighted by Gasteiger charge is 2.19. The van der Waals surface area contributed by atoms with Gasteiger partial charge in [0, 0.05) is 13.2 Å². The first-order valence-corrected chi connectivity index (χ1v) is 10.0. The molecule has 0 aliphatic rings. The van der Waals surface area contributed by atoms with Gasteiger partial charge in [0.2, 0.25) is 6.29 Å². The molecule has 1 aromatic carbocycles. The Bertz CT molecular complexity index is 544. The van der Waals surface area contributed by atoms with Gasteiger partial charge in [-0.25, -0.2) is 4.79 Å². The van der Waals surface area contributed by atoms with E-state index in [0.29, 0.717) is 19.0 Å². The molecule has 0 bridgehead atoms. The van der Waals surface area contributed by atoms with Gasteiger partial charge in [-0.2, -0.15) is 0 Å². The molecule has 1 aromatic rings. The number of rotatable bonds is 15. The maximum Gasteiger partial charge on any atom is 0.331 e. The van der Waals surface area contributed by atoms with Crippen LogP contribution in [0.1, 0.15) is 64.9 Å². The molecule has 0 aliphatic heterocycles. The predicted octanol–water partition coefficient (Wildman–Crippen LogP) is 5.34. The number of carboxylic acids is 1. The van der Waals surface area contributed by atoms with Crippen molar-refractivity contribution in [2.45, 2.75) is 72.0 Å². The largest absolute Gasteiger partial charge is 0.478 e. The van der Waals surface area contributed by atoms with E-state index in [1.54, 1.807) is 0 Å². The highest BCUT2D eigenvalue weighted by atomic mass is 16.7. The molecule has 0 atom stereocenters. The SMILES string of the molecule is CCCCCCCCc1ccc(OC(=CC(=O)O)C(OCC)OCC)cc1. The van der Waals surface area contributed by atoms with Crippen molar-refractivity contribution in [3.63, 3.8) is 0 Å². The molecule has 0 unspecified atom stereocenters. The molecule has 0 saturated heterocycles. The minimum absolute atomic E-state index is 0.134. The van der Waals surface area contributed by atoms with Crippen LogP contribution in [0.25, 0.3) is 0 Å². The number of carboxylic acid groups (broad SMARTS) is 1. The van der Waals surface area contributed by atoms with E-state index in [1.807, 2.05) is 38.1 Å². The average Bonchev–Trinajstić information content (AvgIpc) is 2.65. The minimum Gasteiger partial charge on any atom is -0.478 e. The lowest BCUT2D eigenvalue weighted by atomic mass is 10.0. The molecular weight excluding hydrogens is 344 g/mol. The van der Waals surface area contributed by atoms with Crippen LogP contribution in [-0.2, 0) is 20.7 Å². The van der Waals surface area contributed by atoms with Gasteiger partial charge in [0.15, 0.2) is 5.76 Å². The number of aliphatic carboxylic acids is 1. The number of carbonyl (C=O) groups is 1. The summed E-state index contributed by atoms with van der Waals surface area (Å²) >= 11 is 0. The van der Waals surface area contributed by atoms with Gasteiger partial charge in [0.25, 0.3) is 0 Å². The molecule has 0 heterocycles. The van der Waals surface area contributed by atoms with Crippen molar-refractivity contribution < 1.29 is 24.1 Å². The number of hydrogen-bond donors (Lipinski definition) is 1. The van der Waals surface area contributed by atoms with E-state index in [2.05, 4.69) is 6.92 Å². The van der Waals surface area contributed by atoms with Crippen LogP contribution in [0.2, 0.25) is 0 Å². The maximum atomic E-state index is 11.1. The van der Waals surface area contributed by atoms with Crippen LogP contribution in [0.15, 0.2) is 36.1 Å². The van der Waals surface area contributed by atoms with Gasteiger partial charge in [-0.1, -0.05) is 51.2 Å². The van der Waals surface area contributed by atoms with E-state index in [-0.39, 0.29) is 5.76 Å². The van der Waals surface area contributed by atoms with E-state index in [9.17, 15) is 4.79 Å². The van der Waals surface area contributed by atoms with Crippen LogP contribution in [0.4, 0.5) is 0 Å². The molecule has 0 spiro atoms. The summed E-state index contributed by atoms with van der Waals surface area (Å²) in [5, 5.41) is 9.10. The van der Waals surface area contributed by atoms with Crippen molar-refractivity contribution in [1.29, 1.82) is 0 Å². The van der Waals surface area contributed by atoms with Crippen molar-refractivity contribution in [1.82, 2.24) is 0 Å². The molecule has 152 valence electrons. The van der Waals surface area contributed by atoms with Crippen molar-refractivity contribution in [3.8, 4) is 5.75 Å². The van der Waals surface area contributed by atoms with E-state index in [1.165, 1.54) is 44.1 Å². The van der Waals surface area contributed by atoms with Gasteiger partial charge in [-0.3, -0.25) is 0 Å². The molecule has 5 heteroatoms. The van der Waals surface area contributed by atoms with Crippen molar-refractivity contribution in [2.24, 2.45) is 0 Å². The summed E-state index contributed by atoms with van der Waals surface area (Å²) in [6, 6.07) is 7.76. The van der Waals surface area contributed by atoms with Gasteiger partial charge in [-0.15, -0.1) is 0 Å². The predicted molar refractivity (Wildman–Crippen MR) is 107 cm³/mol. The van der Waals surface area contributed by atoms with Gasteiger partial charge in [0.1, 0.15) is 5.75 Å². The van der Waals surface area contributed by atoms with E-state index in [0.717, 1.165) is 12.5 Å². The first kappa shape index (κ1) is 23.2. The van der Waals surface area contributed by atoms with E-state index < -0.39 is 12.3 Å². The van der Waals surface area contributed by atoms with Crippen LogP contribution < -0.4 is 4.74 Å². The van der Waals surface area contributed by atoms with E-state index in [4.69, 9.17) is 19.3 Å². The maximum absolute atomic E-state index is 11.1. The molecule has 27 heavy (non-hydrogen) atoms. The van der Waals surface area contributed by atoms with Crippen LogP contribution in [0.5, 0.6) is 5.75 Å². The van der Waals surface area contributed by atoms with Crippen molar-refractivity contribution in [2.75, 3.05) is 13.2 Å². The number of hydrogen-bond acceptors (Lipinski definition) is 4. The number of ether oxygens (including phenoxy) is 3. The smallest absolute Gasteiger partial charge is 0.331 e. The molecule has 1 N–H and O–H groups in total. The Morgan fingerprint density at radius 2 is 1.56 bits per heavy atom. The van der Waals surface area contributed by atoms with Crippen molar-refractivity contribution >= 4 is 5.97 Å². The fraction of sp³-hybridized carbons (Fsp3) is 0.591. The standard InChI is InChI=1S/C22H34O5/c1-4-7-8-9-10-11-12-18-13-15-19(16-14-18)27-20(17-21(23)24)22(25-5-2)26-6-3/h13-17,22H,4-12H2,1-3H3,(H,23,24). The quantitative estimate of drug-likeness (QED) is 0.193. The second-order valence-corrected chi connectivity index (χ2v) is 6.39. The lowest BCUT2D eigenvalue weighted by molar-refractivity contribution is -0.136. The molecule has 0 aliphatic carbocycles. The summed E-state index contributed by atoms with van der Waals surface area (Å²) in [5.41, 5.74) is 1.26. The Hall–Kier alpha value is -1.85. The molecule has 0 fully saturated rings. The van der Waals surface area contributed by atoms with Crippen LogP contribution in [0, 0.1) is 0 Å². The third kappa shape index (κ3) is 10.2. The first-order valence-electron chi connectivity index (χ1n) is 10.0. The van der Waals surface area contributed by atoms with Crippen molar-refractivity contribution in [3.05, 3.63) is 41.7 Å². The highest BCUT2D eigenvalue weighted by Crippen LogP contribution is 2.20. The minimum atomic E-state index is -1.10. The number of unbranched alkanes of at least 4 members (excludes halogenated alkanes) is 5. The summed E-state index contributed by atoms with van der Waals surface area (Å²) in [7, 11) is 0. The summed E-state index contributed by atoms with van der Waals surface area (Å²) < 4.78 is 16.7. The molecule has 1 rings (SSSR count). The zero-order valence-electron chi connectivity index (χ0n) is 16.9. The Morgan fingerprint density at radius 1 is 0.963 bits per heavy atom. The Kier molecular flexibility index (Phi) is 12.2. The van der Waals surface area contributed by atoms with Gasteiger partial charge < -0.3 is 19.3 Å². The van der Waals surface area contributed by atoms with E-state index >= 15 is 0 Å². The Labute approximate surface area is 163 Å². The molecule has 0 aromatic heterocycles. The first-order chi connectivity index (χ1) is 13.1. The molecular formula is C22H34O5.